The molecule has 1 aromatic heterocycles. The van der Waals surface area contributed by atoms with E-state index in [9.17, 15) is 24.5 Å². The predicted octanol–water partition coefficient (Wildman–Crippen LogP) is 3.34. The van der Waals surface area contributed by atoms with Crippen LogP contribution in [0.2, 0.25) is 0 Å². The Bertz CT molecular complexity index is 1270. The second-order valence-electron chi connectivity index (χ2n) is 7.52. The van der Waals surface area contributed by atoms with E-state index >= 15 is 0 Å². The van der Waals surface area contributed by atoms with Crippen LogP contribution in [0, 0.1) is 10.1 Å². The highest BCUT2D eigenvalue weighted by Gasteiger charge is 2.21. The summed E-state index contributed by atoms with van der Waals surface area (Å²) in [6, 6.07) is 10.3. The van der Waals surface area contributed by atoms with Crippen molar-refractivity contribution in [1.82, 2.24) is 9.78 Å². The van der Waals surface area contributed by atoms with Crippen molar-refractivity contribution in [3.63, 3.8) is 0 Å². The number of rotatable bonds is 10. The number of hydrogen-bond donors (Lipinski definition) is 1. The number of nitro benzene ring substituents is 1. The molecule has 0 unspecified atom stereocenters. The first kappa shape index (κ1) is 23.6. The van der Waals surface area contributed by atoms with Crippen molar-refractivity contribution < 1.29 is 19.2 Å². The maximum atomic E-state index is 12.9. The van der Waals surface area contributed by atoms with Crippen LogP contribution in [-0.2, 0) is 17.9 Å². The third-order valence-electron chi connectivity index (χ3n) is 5.21. The Hall–Kier alpha value is -4.08. The van der Waals surface area contributed by atoms with Crippen molar-refractivity contribution in [1.29, 1.82) is 0 Å². The third kappa shape index (κ3) is 5.40. The summed E-state index contributed by atoms with van der Waals surface area (Å²) in [6.07, 6.45) is 3.75. The monoisotopic (exact) mass is 452 g/mol. The molecule has 0 bridgehead atoms. The molecule has 1 heterocycles. The number of primary amides is 1. The van der Waals surface area contributed by atoms with Crippen molar-refractivity contribution in [3.8, 4) is 0 Å². The summed E-state index contributed by atoms with van der Waals surface area (Å²) in [4.78, 5) is 47.7. The summed E-state index contributed by atoms with van der Waals surface area (Å²) in [5, 5.41) is 16.3. The van der Waals surface area contributed by atoms with Crippen molar-refractivity contribution in [2.24, 2.45) is 5.73 Å². The van der Waals surface area contributed by atoms with E-state index in [-0.39, 0.29) is 22.4 Å². The maximum Gasteiger partial charge on any atom is 0.359 e. The van der Waals surface area contributed by atoms with Crippen LogP contribution >= 0.6 is 0 Å². The summed E-state index contributed by atoms with van der Waals surface area (Å²) >= 11 is 0. The van der Waals surface area contributed by atoms with Crippen LogP contribution < -0.4 is 11.3 Å². The first-order valence-corrected chi connectivity index (χ1v) is 10.6. The Labute approximate surface area is 189 Å². The quantitative estimate of drug-likeness (QED) is 0.215. The lowest BCUT2D eigenvalue weighted by atomic mass is 10.1. The number of fused-ring (bicyclic) bond motifs is 1. The van der Waals surface area contributed by atoms with E-state index < -0.39 is 29.1 Å². The largest absolute Gasteiger partial charge is 0.456 e. The summed E-state index contributed by atoms with van der Waals surface area (Å²) in [6.45, 7) is 2.03. The Morgan fingerprint density at radius 2 is 1.85 bits per heavy atom. The van der Waals surface area contributed by atoms with Crippen LogP contribution in [0.4, 0.5) is 5.69 Å². The molecule has 3 aromatic rings. The van der Waals surface area contributed by atoms with Crippen LogP contribution in [0.15, 0.2) is 47.3 Å². The molecule has 0 aliphatic rings. The standard InChI is InChI=1S/C23H24N4O6/c1-2-3-4-7-12-26-22(29)18-9-6-5-8-17(18)20(25-26)23(30)33-14-16-11-10-15(21(24)28)13-19(16)27(31)32/h5-6,8-11,13H,2-4,7,12,14H2,1H3,(H2,24,28). The fraction of sp³-hybridized carbons (Fsp3) is 0.304. The predicted molar refractivity (Wildman–Crippen MR) is 121 cm³/mol. The van der Waals surface area contributed by atoms with Gasteiger partial charge in [-0.3, -0.25) is 19.7 Å². The molecule has 33 heavy (non-hydrogen) atoms. The van der Waals surface area contributed by atoms with Crippen molar-refractivity contribution >= 4 is 28.3 Å². The fourth-order valence-corrected chi connectivity index (χ4v) is 3.45. The van der Waals surface area contributed by atoms with Gasteiger partial charge in [-0.25, -0.2) is 9.48 Å². The molecule has 0 radical (unpaired) electrons. The molecule has 10 nitrogen and oxygen atoms in total. The minimum absolute atomic E-state index is 0.0282. The summed E-state index contributed by atoms with van der Waals surface area (Å²) in [5.41, 5.74) is 4.51. The molecule has 0 fully saturated rings. The van der Waals surface area contributed by atoms with Crippen LogP contribution in [0.5, 0.6) is 0 Å². The number of ether oxygens (including phenoxy) is 1. The van der Waals surface area contributed by atoms with Gasteiger partial charge in [-0.05, 0) is 24.6 Å². The van der Waals surface area contributed by atoms with Gasteiger partial charge >= 0.3 is 5.97 Å². The molecule has 0 aliphatic heterocycles. The summed E-state index contributed by atoms with van der Waals surface area (Å²) in [7, 11) is 0. The molecule has 0 spiro atoms. The lowest BCUT2D eigenvalue weighted by Gasteiger charge is -2.11. The molecule has 0 saturated carbocycles. The van der Waals surface area contributed by atoms with Gasteiger partial charge in [0.05, 0.1) is 15.9 Å². The minimum Gasteiger partial charge on any atom is -0.456 e. The number of aryl methyl sites for hydroxylation is 1. The smallest absolute Gasteiger partial charge is 0.359 e. The highest BCUT2D eigenvalue weighted by molar-refractivity contribution is 6.02. The zero-order chi connectivity index (χ0) is 24.0. The van der Waals surface area contributed by atoms with Gasteiger partial charge in [0.2, 0.25) is 5.91 Å². The average molecular weight is 452 g/mol. The number of nitrogens with two attached hydrogens (primary N) is 1. The topological polar surface area (TPSA) is 147 Å². The number of nitro groups is 1. The lowest BCUT2D eigenvalue weighted by Crippen LogP contribution is -2.26. The van der Waals surface area contributed by atoms with Gasteiger partial charge in [0, 0.05) is 23.6 Å². The van der Waals surface area contributed by atoms with E-state index in [1.54, 1.807) is 24.3 Å². The van der Waals surface area contributed by atoms with E-state index in [4.69, 9.17) is 10.5 Å². The van der Waals surface area contributed by atoms with E-state index in [1.165, 1.54) is 16.8 Å². The number of unbranched alkanes of at least 4 members (excludes halogenated alkanes) is 3. The van der Waals surface area contributed by atoms with Gasteiger partial charge in [-0.15, -0.1) is 0 Å². The van der Waals surface area contributed by atoms with E-state index in [1.807, 2.05) is 0 Å². The Morgan fingerprint density at radius 3 is 2.52 bits per heavy atom. The molecule has 1 amide bonds. The number of hydrogen-bond acceptors (Lipinski definition) is 7. The number of carbonyl (C=O) groups is 2. The van der Waals surface area contributed by atoms with Gasteiger partial charge in [0.1, 0.15) is 6.61 Å². The molecule has 2 N–H and O–H groups in total. The molecule has 0 atom stereocenters. The fourth-order valence-electron chi connectivity index (χ4n) is 3.45. The summed E-state index contributed by atoms with van der Waals surface area (Å²) in [5.74, 6) is -1.62. The third-order valence-corrected chi connectivity index (χ3v) is 5.21. The van der Waals surface area contributed by atoms with Crippen LogP contribution in [0.3, 0.4) is 0 Å². The first-order chi connectivity index (χ1) is 15.8. The Kier molecular flexibility index (Phi) is 7.50. The van der Waals surface area contributed by atoms with Crippen LogP contribution in [0.25, 0.3) is 10.8 Å². The Balaban J connectivity index is 1.89. The van der Waals surface area contributed by atoms with Crippen LogP contribution in [-0.4, -0.2) is 26.6 Å². The van der Waals surface area contributed by atoms with E-state index in [2.05, 4.69) is 12.0 Å². The summed E-state index contributed by atoms with van der Waals surface area (Å²) < 4.78 is 6.58. The second-order valence-corrected chi connectivity index (χ2v) is 7.52. The average Bonchev–Trinajstić information content (AvgIpc) is 2.81. The number of amides is 1. The van der Waals surface area contributed by atoms with E-state index in [0.717, 1.165) is 31.7 Å². The molecule has 10 heteroatoms. The zero-order valence-electron chi connectivity index (χ0n) is 18.2. The Morgan fingerprint density at radius 1 is 1.12 bits per heavy atom. The molecule has 0 aliphatic carbocycles. The van der Waals surface area contributed by atoms with Crippen molar-refractivity contribution in [2.75, 3.05) is 0 Å². The number of aromatic nitrogens is 2. The van der Waals surface area contributed by atoms with Gasteiger partial charge in [0.25, 0.3) is 11.2 Å². The molecule has 3 rings (SSSR count). The van der Waals surface area contributed by atoms with Crippen molar-refractivity contribution in [2.45, 2.75) is 45.8 Å². The maximum absolute atomic E-state index is 12.9. The van der Waals surface area contributed by atoms with Gasteiger partial charge in [0.15, 0.2) is 5.69 Å². The molecule has 172 valence electrons. The van der Waals surface area contributed by atoms with Gasteiger partial charge in [-0.2, -0.15) is 5.10 Å². The van der Waals surface area contributed by atoms with Crippen molar-refractivity contribution in [3.05, 3.63) is 79.8 Å². The lowest BCUT2D eigenvalue weighted by molar-refractivity contribution is -0.385. The number of nitrogens with zero attached hydrogens (tertiary/aromatic N) is 3. The second kappa shape index (κ2) is 10.5. The number of carbonyl (C=O) groups excluding carboxylic acids is 2. The molecular formula is C23H24N4O6. The molecule has 0 saturated heterocycles. The first-order valence-electron chi connectivity index (χ1n) is 10.6. The highest BCUT2D eigenvalue weighted by atomic mass is 16.6. The molecular weight excluding hydrogens is 428 g/mol. The number of esters is 1. The minimum atomic E-state index is -0.818. The normalized spacial score (nSPS) is 10.8. The van der Waals surface area contributed by atoms with Gasteiger partial charge < -0.3 is 10.5 Å². The number of benzene rings is 2. The zero-order valence-corrected chi connectivity index (χ0v) is 18.2. The SMILES string of the molecule is CCCCCCn1nc(C(=O)OCc2ccc(C(N)=O)cc2[N+](=O)[O-])c2ccccc2c1=O. The molecule has 2 aromatic carbocycles. The van der Waals surface area contributed by atoms with E-state index in [0.29, 0.717) is 17.3 Å². The van der Waals surface area contributed by atoms with Gasteiger partial charge in [-0.1, -0.05) is 44.4 Å². The van der Waals surface area contributed by atoms with Crippen LogP contribution in [0.1, 0.15) is 59.0 Å². The highest BCUT2D eigenvalue weighted by Crippen LogP contribution is 2.22.